The van der Waals surface area contributed by atoms with E-state index in [1.807, 2.05) is 24.3 Å². The molecule has 0 aromatic heterocycles. The Morgan fingerprint density at radius 1 is 1.05 bits per heavy atom. The van der Waals surface area contributed by atoms with Crippen molar-refractivity contribution in [3.05, 3.63) is 64.7 Å². The summed E-state index contributed by atoms with van der Waals surface area (Å²) >= 11 is 7.40. The summed E-state index contributed by atoms with van der Waals surface area (Å²) in [6.45, 7) is 0. The lowest BCUT2D eigenvalue weighted by molar-refractivity contribution is 0.577. The summed E-state index contributed by atoms with van der Waals surface area (Å²) < 4.78 is 26.1. The summed E-state index contributed by atoms with van der Waals surface area (Å²) in [5.41, 5.74) is 6.57. The fraction of sp³-hybridized carbons (Fsp3) is 0.200. The van der Waals surface area contributed by atoms with Crippen LogP contribution >= 0.6 is 23.4 Å². The molecule has 106 valence electrons. The zero-order valence-corrected chi connectivity index (χ0v) is 12.2. The maximum absolute atomic E-state index is 13.1. The van der Waals surface area contributed by atoms with Gasteiger partial charge in [0.15, 0.2) is 0 Å². The highest BCUT2D eigenvalue weighted by molar-refractivity contribution is 7.99. The van der Waals surface area contributed by atoms with Crippen LogP contribution < -0.4 is 5.73 Å². The van der Waals surface area contributed by atoms with Crippen LogP contribution in [0.15, 0.2) is 47.4 Å². The first kappa shape index (κ1) is 15.3. The fourth-order valence-corrected chi connectivity index (χ4v) is 2.80. The summed E-state index contributed by atoms with van der Waals surface area (Å²) in [6.07, 6.45) is 0.440. The molecule has 0 radical (unpaired) electrons. The van der Waals surface area contributed by atoms with Gasteiger partial charge in [0.25, 0.3) is 0 Å². The molecule has 1 unspecified atom stereocenters. The lowest BCUT2D eigenvalue weighted by Crippen LogP contribution is -2.25. The van der Waals surface area contributed by atoms with E-state index in [0.717, 1.165) is 11.0 Å². The first-order chi connectivity index (χ1) is 9.52. The van der Waals surface area contributed by atoms with E-state index in [1.165, 1.54) is 12.1 Å². The number of nitrogens with two attached hydrogens (primary N) is 1. The molecule has 0 fully saturated rings. The van der Waals surface area contributed by atoms with Gasteiger partial charge in [-0.2, -0.15) is 0 Å². The standard InChI is InChI=1S/C15H14ClF2NS/c16-11-1-3-15(4-2-11)20-9-14(19)7-10-5-12(17)8-13(18)6-10/h1-6,8,14H,7,9,19H2. The van der Waals surface area contributed by atoms with E-state index in [0.29, 0.717) is 22.8 Å². The van der Waals surface area contributed by atoms with E-state index < -0.39 is 11.6 Å². The quantitative estimate of drug-likeness (QED) is 0.834. The molecule has 0 amide bonds. The lowest BCUT2D eigenvalue weighted by atomic mass is 10.1. The summed E-state index contributed by atoms with van der Waals surface area (Å²) in [6, 6.07) is 10.8. The summed E-state index contributed by atoms with van der Waals surface area (Å²) in [4.78, 5) is 1.07. The normalized spacial score (nSPS) is 12.4. The highest BCUT2D eigenvalue weighted by Crippen LogP contribution is 2.21. The zero-order chi connectivity index (χ0) is 14.5. The summed E-state index contributed by atoms with van der Waals surface area (Å²) in [7, 11) is 0. The Hall–Kier alpha value is -1.10. The van der Waals surface area contributed by atoms with Crippen molar-refractivity contribution >= 4 is 23.4 Å². The van der Waals surface area contributed by atoms with Crippen LogP contribution in [0.2, 0.25) is 5.02 Å². The van der Waals surface area contributed by atoms with Crippen LogP contribution in [0, 0.1) is 11.6 Å². The van der Waals surface area contributed by atoms with E-state index in [2.05, 4.69) is 0 Å². The molecule has 0 aliphatic carbocycles. The monoisotopic (exact) mass is 313 g/mol. The number of halogens is 3. The van der Waals surface area contributed by atoms with Crippen LogP contribution in [0.3, 0.4) is 0 Å². The molecule has 0 spiro atoms. The van der Waals surface area contributed by atoms with Gasteiger partial charge in [-0.25, -0.2) is 8.78 Å². The van der Waals surface area contributed by atoms with Gasteiger partial charge in [0.2, 0.25) is 0 Å². The van der Waals surface area contributed by atoms with Gasteiger partial charge in [-0.05, 0) is 48.4 Å². The van der Waals surface area contributed by atoms with E-state index in [4.69, 9.17) is 17.3 Å². The predicted molar refractivity (Wildman–Crippen MR) is 80.2 cm³/mol. The highest BCUT2D eigenvalue weighted by Gasteiger charge is 2.08. The minimum Gasteiger partial charge on any atom is -0.327 e. The molecule has 0 saturated carbocycles. The van der Waals surface area contributed by atoms with Gasteiger partial charge in [-0.15, -0.1) is 11.8 Å². The third-order valence-corrected chi connectivity index (χ3v) is 4.15. The number of rotatable bonds is 5. The Morgan fingerprint density at radius 3 is 2.25 bits per heavy atom. The molecule has 2 aromatic rings. The van der Waals surface area contributed by atoms with Crippen molar-refractivity contribution in [2.45, 2.75) is 17.4 Å². The van der Waals surface area contributed by atoms with Crippen LogP contribution in [0.1, 0.15) is 5.56 Å². The van der Waals surface area contributed by atoms with Crippen LogP contribution in [0.25, 0.3) is 0 Å². The van der Waals surface area contributed by atoms with Crippen molar-refractivity contribution in [3.8, 4) is 0 Å². The predicted octanol–water partition coefficient (Wildman–Crippen LogP) is 4.28. The van der Waals surface area contributed by atoms with Crippen LogP contribution in [0.4, 0.5) is 8.78 Å². The maximum Gasteiger partial charge on any atom is 0.126 e. The molecule has 2 N–H and O–H groups in total. The summed E-state index contributed by atoms with van der Waals surface area (Å²) in [5.74, 6) is -0.477. The van der Waals surface area contributed by atoms with Crippen LogP contribution in [-0.2, 0) is 6.42 Å². The molecule has 0 aliphatic heterocycles. The molecule has 2 rings (SSSR count). The van der Waals surface area contributed by atoms with Gasteiger partial charge < -0.3 is 5.73 Å². The molecule has 0 aliphatic rings. The second kappa shape index (κ2) is 7.07. The van der Waals surface area contributed by atoms with Crippen molar-refractivity contribution in [1.29, 1.82) is 0 Å². The van der Waals surface area contributed by atoms with Crippen LogP contribution in [-0.4, -0.2) is 11.8 Å². The average molecular weight is 314 g/mol. The Bertz CT molecular complexity index is 554. The third-order valence-electron chi connectivity index (χ3n) is 2.70. The number of thioether (sulfide) groups is 1. The first-order valence-electron chi connectivity index (χ1n) is 6.12. The van der Waals surface area contributed by atoms with Crippen molar-refractivity contribution in [2.75, 3.05) is 5.75 Å². The largest absolute Gasteiger partial charge is 0.327 e. The van der Waals surface area contributed by atoms with Crippen molar-refractivity contribution in [3.63, 3.8) is 0 Å². The molecule has 2 aromatic carbocycles. The van der Waals surface area contributed by atoms with Gasteiger partial charge in [0, 0.05) is 27.8 Å². The fourth-order valence-electron chi connectivity index (χ4n) is 1.82. The van der Waals surface area contributed by atoms with Gasteiger partial charge >= 0.3 is 0 Å². The van der Waals surface area contributed by atoms with Crippen molar-refractivity contribution in [1.82, 2.24) is 0 Å². The van der Waals surface area contributed by atoms with Gasteiger partial charge in [-0.3, -0.25) is 0 Å². The van der Waals surface area contributed by atoms with Gasteiger partial charge in [0.05, 0.1) is 0 Å². The second-order valence-corrected chi connectivity index (χ2v) is 6.04. The SMILES string of the molecule is NC(CSc1ccc(Cl)cc1)Cc1cc(F)cc(F)c1. The Balaban J connectivity index is 1.88. The minimum atomic E-state index is -0.572. The van der Waals surface area contributed by atoms with Crippen molar-refractivity contribution < 1.29 is 8.78 Å². The smallest absolute Gasteiger partial charge is 0.126 e. The van der Waals surface area contributed by atoms with Crippen LogP contribution in [0.5, 0.6) is 0 Å². The van der Waals surface area contributed by atoms with Gasteiger partial charge in [-0.1, -0.05) is 11.6 Å². The van der Waals surface area contributed by atoms with Gasteiger partial charge in [0.1, 0.15) is 11.6 Å². The zero-order valence-electron chi connectivity index (χ0n) is 10.7. The Labute approximate surface area is 126 Å². The average Bonchev–Trinajstić information content (AvgIpc) is 2.37. The second-order valence-electron chi connectivity index (χ2n) is 4.51. The third kappa shape index (κ3) is 4.78. The molecule has 1 atom stereocenters. The molecule has 1 nitrogen and oxygen atoms in total. The molecule has 0 bridgehead atoms. The lowest BCUT2D eigenvalue weighted by Gasteiger charge is -2.11. The number of hydrogen-bond donors (Lipinski definition) is 1. The highest BCUT2D eigenvalue weighted by atomic mass is 35.5. The minimum absolute atomic E-state index is 0.170. The summed E-state index contributed by atoms with van der Waals surface area (Å²) in [5, 5.41) is 0.689. The first-order valence-corrected chi connectivity index (χ1v) is 7.48. The van der Waals surface area contributed by atoms with E-state index in [1.54, 1.807) is 11.8 Å². The Kier molecular flexibility index (Phi) is 5.40. The molecule has 20 heavy (non-hydrogen) atoms. The number of benzene rings is 2. The Morgan fingerprint density at radius 2 is 1.65 bits per heavy atom. The van der Waals surface area contributed by atoms with E-state index in [-0.39, 0.29) is 6.04 Å². The molecule has 0 heterocycles. The topological polar surface area (TPSA) is 26.0 Å². The van der Waals surface area contributed by atoms with E-state index >= 15 is 0 Å². The molecule has 5 heteroatoms. The van der Waals surface area contributed by atoms with E-state index in [9.17, 15) is 8.78 Å². The molecule has 0 saturated heterocycles. The maximum atomic E-state index is 13.1. The number of hydrogen-bond acceptors (Lipinski definition) is 2. The van der Waals surface area contributed by atoms with Crippen molar-refractivity contribution in [2.24, 2.45) is 5.73 Å². The molecular weight excluding hydrogens is 300 g/mol. The molecular formula is C15H14ClF2NS.